The fourth-order valence-electron chi connectivity index (χ4n) is 3.33. The summed E-state index contributed by atoms with van der Waals surface area (Å²) in [6.45, 7) is 8.35. The van der Waals surface area contributed by atoms with Crippen LogP contribution in [0, 0.1) is 19.8 Å². The molecule has 0 fully saturated rings. The number of benzene rings is 1. The monoisotopic (exact) mass is 442 g/mol. The molecule has 0 radical (unpaired) electrons. The minimum absolute atomic E-state index is 0.230. The van der Waals surface area contributed by atoms with Gasteiger partial charge in [0.25, 0.3) is 5.91 Å². The van der Waals surface area contributed by atoms with Crippen LogP contribution >= 0.6 is 0 Å². The van der Waals surface area contributed by atoms with Crippen LogP contribution in [-0.4, -0.2) is 41.1 Å². The van der Waals surface area contributed by atoms with Crippen LogP contribution < -0.4 is 5.32 Å². The summed E-state index contributed by atoms with van der Waals surface area (Å²) in [6, 6.07) is 9.48. The standard InChI is InChI=1S/C24H26N8O/c1-15(2)7-23-29-30-31-32(23)21-9-18(22-6-5-16(3)11-27-22)8-19(10-21)24(33)28-14-20-13-25-17(4)12-26-20/h5-6,8-13,15H,7,14H2,1-4H3,(H,28,33). The number of tetrazole rings is 1. The molecule has 0 unspecified atom stereocenters. The Kier molecular flexibility index (Phi) is 6.48. The molecule has 0 spiro atoms. The van der Waals surface area contributed by atoms with E-state index in [1.54, 1.807) is 29.3 Å². The number of hydrogen-bond donors (Lipinski definition) is 1. The van der Waals surface area contributed by atoms with Crippen molar-refractivity contribution in [1.82, 2.24) is 40.5 Å². The van der Waals surface area contributed by atoms with Crippen LogP contribution in [0.3, 0.4) is 0 Å². The zero-order valence-corrected chi connectivity index (χ0v) is 19.1. The van der Waals surface area contributed by atoms with Gasteiger partial charge in [-0.2, -0.15) is 4.68 Å². The summed E-state index contributed by atoms with van der Waals surface area (Å²) in [5, 5.41) is 15.1. The number of pyridine rings is 1. The number of carbonyl (C=O) groups excluding carboxylic acids is 1. The summed E-state index contributed by atoms with van der Waals surface area (Å²) in [5.41, 5.74) is 5.33. The fourth-order valence-corrected chi connectivity index (χ4v) is 3.33. The van der Waals surface area contributed by atoms with Crippen LogP contribution in [-0.2, 0) is 13.0 Å². The van der Waals surface area contributed by atoms with Crippen LogP contribution in [0.15, 0.2) is 48.9 Å². The van der Waals surface area contributed by atoms with Gasteiger partial charge < -0.3 is 5.32 Å². The van der Waals surface area contributed by atoms with E-state index in [1.165, 1.54) is 0 Å². The van der Waals surface area contributed by atoms with Gasteiger partial charge in [0, 0.05) is 29.9 Å². The van der Waals surface area contributed by atoms with Gasteiger partial charge in [0.1, 0.15) is 0 Å². The molecule has 0 aliphatic heterocycles. The third-order valence-electron chi connectivity index (χ3n) is 5.02. The van der Waals surface area contributed by atoms with Crippen molar-refractivity contribution >= 4 is 5.91 Å². The first-order valence-corrected chi connectivity index (χ1v) is 10.8. The average molecular weight is 443 g/mol. The predicted octanol–water partition coefficient (Wildman–Crippen LogP) is 3.26. The highest BCUT2D eigenvalue weighted by atomic mass is 16.1. The van der Waals surface area contributed by atoms with Crippen molar-refractivity contribution in [3.63, 3.8) is 0 Å². The molecule has 0 aliphatic rings. The maximum Gasteiger partial charge on any atom is 0.251 e. The molecule has 1 amide bonds. The van der Waals surface area contributed by atoms with E-state index in [-0.39, 0.29) is 12.5 Å². The lowest BCUT2D eigenvalue weighted by Gasteiger charge is -2.12. The number of rotatable bonds is 7. The van der Waals surface area contributed by atoms with Gasteiger partial charge in [-0.15, -0.1) is 5.10 Å². The lowest BCUT2D eigenvalue weighted by atomic mass is 10.0. The molecule has 9 nitrogen and oxygen atoms in total. The maximum absolute atomic E-state index is 13.1. The molecular formula is C24H26N8O. The Hall–Kier alpha value is -4.01. The topological polar surface area (TPSA) is 111 Å². The molecule has 1 aromatic carbocycles. The average Bonchev–Trinajstić information content (AvgIpc) is 3.26. The molecule has 168 valence electrons. The number of carbonyl (C=O) groups is 1. The summed E-state index contributed by atoms with van der Waals surface area (Å²) in [6.07, 6.45) is 5.86. The summed E-state index contributed by atoms with van der Waals surface area (Å²) in [7, 11) is 0. The smallest absolute Gasteiger partial charge is 0.251 e. The van der Waals surface area contributed by atoms with Crippen LogP contribution in [0.5, 0.6) is 0 Å². The maximum atomic E-state index is 13.1. The molecule has 4 rings (SSSR count). The van der Waals surface area contributed by atoms with E-state index in [0.29, 0.717) is 29.3 Å². The first-order chi connectivity index (χ1) is 15.9. The Bertz CT molecular complexity index is 1250. The normalized spacial score (nSPS) is 11.1. The van der Waals surface area contributed by atoms with Crippen molar-refractivity contribution < 1.29 is 4.79 Å². The Morgan fingerprint density at radius 2 is 1.88 bits per heavy atom. The Labute approximate surface area is 192 Å². The molecule has 1 N–H and O–H groups in total. The molecule has 0 bridgehead atoms. The van der Waals surface area contributed by atoms with Gasteiger partial charge in [-0.3, -0.25) is 19.7 Å². The summed E-state index contributed by atoms with van der Waals surface area (Å²) in [4.78, 5) is 26.1. The van der Waals surface area contributed by atoms with E-state index in [9.17, 15) is 4.79 Å². The fraction of sp³-hybridized carbons (Fsp3) is 0.292. The number of nitrogens with one attached hydrogen (secondary N) is 1. The molecule has 0 saturated carbocycles. The van der Waals surface area contributed by atoms with Crippen LogP contribution in [0.4, 0.5) is 0 Å². The highest BCUT2D eigenvalue weighted by Gasteiger charge is 2.16. The van der Waals surface area contributed by atoms with Crippen molar-refractivity contribution in [2.45, 2.75) is 40.7 Å². The number of aromatic nitrogens is 7. The van der Waals surface area contributed by atoms with Crippen molar-refractivity contribution in [1.29, 1.82) is 0 Å². The largest absolute Gasteiger partial charge is 0.346 e. The number of nitrogens with zero attached hydrogens (tertiary/aromatic N) is 7. The number of aryl methyl sites for hydroxylation is 2. The number of amides is 1. The Morgan fingerprint density at radius 1 is 1.03 bits per heavy atom. The second kappa shape index (κ2) is 9.64. The minimum Gasteiger partial charge on any atom is -0.346 e. The molecule has 9 heteroatoms. The van der Waals surface area contributed by atoms with E-state index in [1.807, 2.05) is 38.1 Å². The van der Waals surface area contributed by atoms with Gasteiger partial charge in [-0.1, -0.05) is 19.9 Å². The van der Waals surface area contributed by atoms with Crippen molar-refractivity contribution in [3.8, 4) is 16.9 Å². The van der Waals surface area contributed by atoms with Crippen molar-refractivity contribution in [2.24, 2.45) is 5.92 Å². The second-order valence-corrected chi connectivity index (χ2v) is 8.43. The van der Waals surface area contributed by atoms with E-state index < -0.39 is 0 Å². The van der Waals surface area contributed by atoms with Gasteiger partial charge in [-0.05, 0) is 60.0 Å². The highest BCUT2D eigenvalue weighted by Crippen LogP contribution is 2.24. The highest BCUT2D eigenvalue weighted by molar-refractivity contribution is 5.96. The van der Waals surface area contributed by atoms with Crippen LogP contribution in [0.2, 0.25) is 0 Å². The molecule has 33 heavy (non-hydrogen) atoms. The molecule has 3 aromatic heterocycles. The van der Waals surface area contributed by atoms with E-state index in [0.717, 1.165) is 28.3 Å². The summed E-state index contributed by atoms with van der Waals surface area (Å²) in [5.74, 6) is 0.890. The Balaban J connectivity index is 1.69. The first kappa shape index (κ1) is 22.2. The molecule has 0 aliphatic carbocycles. The lowest BCUT2D eigenvalue weighted by Crippen LogP contribution is -2.24. The third-order valence-corrected chi connectivity index (χ3v) is 5.02. The van der Waals surface area contributed by atoms with E-state index in [4.69, 9.17) is 0 Å². The second-order valence-electron chi connectivity index (χ2n) is 8.43. The quantitative estimate of drug-likeness (QED) is 0.467. The zero-order chi connectivity index (χ0) is 23.4. The van der Waals surface area contributed by atoms with Crippen molar-refractivity contribution in [3.05, 3.63) is 77.3 Å². The van der Waals surface area contributed by atoms with Crippen LogP contribution in [0.1, 0.15) is 47.0 Å². The molecule has 4 aromatic rings. The van der Waals surface area contributed by atoms with Gasteiger partial charge in [0.2, 0.25) is 0 Å². The van der Waals surface area contributed by atoms with Gasteiger partial charge >= 0.3 is 0 Å². The summed E-state index contributed by atoms with van der Waals surface area (Å²) >= 11 is 0. The molecular weight excluding hydrogens is 416 g/mol. The zero-order valence-electron chi connectivity index (χ0n) is 19.1. The van der Waals surface area contributed by atoms with Gasteiger partial charge in [-0.25, -0.2) is 0 Å². The molecule has 0 saturated heterocycles. The Morgan fingerprint density at radius 3 is 2.58 bits per heavy atom. The van der Waals surface area contributed by atoms with E-state index >= 15 is 0 Å². The van der Waals surface area contributed by atoms with E-state index in [2.05, 4.69) is 49.6 Å². The van der Waals surface area contributed by atoms with Gasteiger partial charge in [0.05, 0.1) is 35.5 Å². The summed E-state index contributed by atoms with van der Waals surface area (Å²) < 4.78 is 1.68. The molecule has 0 atom stereocenters. The minimum atomic E-state index is -0.230. The van der Waals surface area contributed by atoms with Gasteiger partial charge in [0.15, 0.2) is 5.82 Å². The first-order valence-electron chi connectivity index (χ1n) is 10.8. The third kappa shape index (κ3) is 5.43. The number of hydrogen-bond acceptors (Lipinski definition) is 7. The lowest BCUT2D eigenvalue weighted by molar-refractivity contribution is 0.0950. The SMILES string of the molecule is Cc1ccc(-c2cc(C(=O)NCc3cnc(C)cn3)cc(-n3nnnc3CC(C)C)c2)nc1. The van der Waals surface area contributed by atoms with Crippen molar-refractivity contribution in [2.75, 3.05) is 0 Å². The van der Waals surface area contributed by atoms with Crippen LogP contribution in [0.25, 0.3) is 16.9 Å². The predicted molar refractivity (Wildman–Crippen MR) is 124 cm³/mol. The molecule has 3 heterocycles.